The number of likely N-dealkylation sites (tertiary alicyclic amines) is 1. The predicted octanol–water partition coefficient (Wildman–Crippen LogP) is 2.99. The van der Waals surface area contributed by atoms with E-state index >= 15 is 0 Å². The van der Waals surface area contributed by atoms with Gasteiger partial charge in [0.05, 0.1) is 11.6 Å². The number of amides is 3. The Morgan fingerprint density at radius 3 is 2.93 bits per heavy atom. The molecule has 3 amide bonds. The third-order valence-corrected chi connectivity index (χ3v) is 5.55. The Bertz CT molecular complexity index is 955. The van der Waals surface area contributed by atoms with Gasteiger partial charge in [-0.15, -0.1) is 0 Å². The van der Waals surface area contributed by atoms with Crippen LogP contribution in [0.2, 0.25) is 0 Å². The quantitative estimate of drug-likeness (QED) is 0.846. The molecule has 2 fully saturated rings. The first-order valence-electron chi connectivity index (χ1n) is 9.58. The lowest BCUT2D eigenvalue weighted by molar-refractivity contribution is -0.116. The fraction of sp³-hybridized carbons (Fsp3) is 0.474. The zero-order chi connectivity index (χ0) is 19.3. The van der Waals surface area contributed by atoms with E-state index < -0.39 is 5.82 Å². The van der Waals surface area contributed by atoms with Crippen LogP contribution in [0.15, 0.2) is 16.7 Å². The highest BCUT2D eigenvalue weighted by Gasteiger charge is 2.34. The second kappa shape index (κ2) is 6.57. The summed E-state index contributed by atoms with van der Waals surface area (Å²) in [4.78, 5) is 30.2. The van der Waals surface area contributed by atoms with E-state index in [9.17, 15) is 14.0 Å². The Kier molecular flexibility index (Phi) is 4.03. The first-order valence-corrected chi connectivity index (χ1v) is 9.58. The lowest BCUT2D eigenvalue weighted by Crippen LogP contribution is -2.33. The molecule has 146 valence electrons. The first-order chi connectivity index (χ1) is 13.6. The summed E-state index contributed by atoms with van der Waals surface area (Å²) in [5.74, 6) is 1.13. The van der Waals surface area contributed by atoms with Crippen LogP contribution in [0.25, 0.3) is 0 Å². The van der Waals surface area contributed by atoms with Gasteiger partial charge in [0.2, 0.25) is 11.8 Å². The molecule has 3 aliphatic rings. The summed E-state index contributed by atoms with van der Waals surface area (Å²) in [6.07, 6.45) is 3.76. The molecule has 28 heavy (non-hydrogen) atoms. The summed E-state index contributed by atoms with van der Waals surface area (Å²) in [6, 6.07) is 2.47. The molecule has 3 heterocycles. The minimum Gasteiger partial charge on any atom is -0.339 e. The Hall–Kier alpha value is -2.97. The number of carbonyl (C=O) groups is 2. The molecule has 9 heteroatoms. The molecule has 2 aromatic rings. The summed E-state index contributed by atoms with van der Waals surface area (Å²) >= 11 is 0. The van der Waals surface area contributed by atoms with Crippen molar-refractivity contribution in [2.75, 3.05) is 23.7 Å². The van der Waals surface area contributed by atoms with E-state index in [0.29, 0.717) is 43.4 Å². The Morgan fingerprint density at radius 1 is 1.25 bits per heavy atom. The van der Waals surface area contributed by atoms with Crippen LogP contribution in [0.5, 0.6) is 0 Å². The number of aryl methyl sites for hydroxylation is 1. The van der Waals surface area contributed by atoms with Crippen LogP contribution in [-0.4, -0.2) is 40.1 Å². The molecule has 0 spiro atoms. The van der Waals surface area contributed by atoms with Crippen LogP contribution < -0.4 is 10.6 Å². The fourth-order valence-corrected chi connectivity index (χ4v) is 3.76. The lowest BCUT2D eigenvalue weighted by atomic mass is 10.0. The van der Waals surface area contributed by atoms with Crippen LogP contribution in [0.3, 0.4) is 0 Å². The van der Waals surface area contributed by atoms with E-state index in [1.165, 1.54) is 12.1 Å². The number of halogens is 1. The minimum atomic E-state index is -0.509. The second-order valence-corrected chi connectivity index (χ2v) is 7.66. The standard InChI is InChI=1S/C19H20FN5O3/c20-13-7-11-3-4-16(26)21-14(11)8-15(13)22-19(27)25-6-5-12(9-25)18-23-17(24-28-18)10-1-2-10/h7-8,10,12H,1-6,9H2,(H,21,26)(H,22,27). The highest BCUT2D eigenvalue weighted by Crippen LogP contribution is 2.39. The lowest BCUT2D eigenvalue weighted by Gasteiger charge is -2.20. The van der Waals surface area contributed by atoms with E-state index in [0.717, 1.165) is 30.7 Å². The molecule has 1 unspecified atom stereocenters. The van der Waals surface area contributed by atoms with Gasteiger partial charge in [0, 0.05) is 31.1 Å². The Labute approximate surface area is 160 Å². The number of nitrogens with one attached hydrogen (secondary N) is 2. The van der Waals surface area contributed by atoms with Crippen molar-refractivity contribution in [1.29, 1.82) is 0 Å². The summed E-state index contributed by atoms with van der Waals surface area (Å²) in [5.41, 5.74) is 1.34. The number of nitrogens with zero attached hydrogens (tertiary/aromatic N) is 3. The average Bonchev–Trinajstić information content (AvgIpc) is 3.20. The first kappa shape index (κ1) is 17.2. The zero-order valence-electron chi connectivity index (χ0n) is 15.2. The Morgan fingerprint density at radius 2 is 2.11 bits per heavy atom. The van der Waals surface area contributed by atoms with Crippen molar-refractivity contribution in [3.8, 4) is 0 Å². The van der Waals surface area contributed by atoms with Gasteiger partial charge in [-0.2, -0.15) is 4.98 Å². The summed E-state index contributed by atoms with van der Waals surface area (Å²) in [5, 5.41) is 9.36. The van der Waals surface area contributed by atoms with Gasteiger partial charge in [-0.05, 0) is 43.4 Å². The largest absolute Gasteiger partial charge is 0.339 e. The third kappa shape index (κ3) is 3.21. The number of benzene rings is 1. The third-order valence-electron chi connectivity index (χ3n) is 5.55. The average molecular weight is 385 g/mol. The molecule has 1 aromatic carbocycles. The van der Waals surface area contributed by atoms with Crippen molar-refractivity contribution in [1.82, 2.24) is 15.0 Å². The molecule has 2 N–H and O–H groups in total. The molecule has 2 aliphatic heterocycles. The molecule has 1 saturated heterocycles. The summed E-state index contributed by atoms with van der Waals surface area (Å²) < 4.78 is 19.7. The van der Waals surface area contributed by atoms with E-state index in [-0.39, 0.29) is 23.5 Å². The van der Waals surface area contributed by atoms with Crippen molar-refractivity contribution in [3.05, 3.63) is 35.2 Å². The molecule has 1 aliphatic carbocycles. The zero-order valence-corrected chi connectivity index (χ0v) is 15.2. The number of rotatable bonds is 3. The maximum absolute atomic E-state index is 14.4. The SMILES string of the molecule is O=C1CCc2cc(F)c(NC(=O)N3CCC(c4nc(C5CC5)no4)C3)cc2N1. The van der Waals surface area contributed by atoms with Crippen LogP contribution in [-0.2, 0) is 11.2 Å². The van der Waals surface area contributed by atoms with Crippen LogP contribution in [0.4, 0.5) is 20.6 Å². The van der Waals surface area contributed by atoms with Gasteiger partial charge < -0.3 is 20.1 Å². The number of anilines is 2. The van der Waals surface area contributed by atoms with Crippen molar-refractivity contribution in [3.63, 3.8) is 0 Å². The normalized spacial score (nSPS) is 21.4. The van der Waals surface area contributed by atoms with Crippen LogP contribution >= 0.6 is 0 Å². The molecule has 1 saturated carbocycles. The minimum absolute atomic E-state index is 0.00146. The highest BCUT2D eigenvalue weighted by atomic mass is 19.1. The van der Waals surface area contributed by atoms with Crippen LogP contribution in [0.1, 0.15) is 54.8 Å². The van der Waals surface area contributed by atoms with E-state index in [2.05, 4.69) is 20.8 Å². The highest BCUT2D eigenvalue weighted by molar-refractivity contribution is 5.96. The van der Waals surface area contributed by atoms with Crippen molar-refractivity contribution < 1.29 is 18.5 Å². The van der Waals surface area contributed by atoms with Crippen LogP contribution in [0, 0.1) is 5.82 Å². The molecule has 5 rings (SSSR count). The number of hydrogen-bond donors (Lipinski definition) is 2. The fourth-order valence-electron chi connectivity index (χ4n) is 3.76. The van der Waals surface area contributed by atoms with Gasteiger partial charge in [0.25, 0.3) is 0 Å². The molecule has 8 nitrogen and oxygen atoms in total. The topological polar surface area (TPSA) is 100 Å². The summed E-state index contributed by atoms with van der Waals surface area (Å²) in [7, 11) is 0. The summed E-state index contributed by atoms with van der Waals surface area (Å²) in [6.45, 7) is 0.975. The van der Waals surface area contributed by atoms with Gasteiger partial charge in [-0.3, -0.25) is 4.79 Å². The molecular weight excluding hydrogens is 365 g/mol. The number of fused-ring (bicyclic) bond motifs is 1. The number of hydrogen-bond acceptors (Lipinski definition) is 5. The van der Waals surface area contributed by atoms with Gasteiger partial charge in [-0.1, -0.05) is 5.16 Å². The second-order valence-electron chi connectivity index (χ2n) is 7.66. The maximum atomic E-state index is 14.4. The van der Waals surface area contributed by atoms with Gasteiger partial charge in [0.15, 0.2) is 5.82 Å². The van der Waals surface area contributed by atoms with E-state index in [1.54, 1.807) is 4.90 Å². The number of carbonyl (C=O) groups excluding carboxylic acids is 2. The molecule has 0 radical (unpaired) electrons. The number of aromatic nitrogens is 2. The molecule has 1 atom stereocenters. The van der Waals surface area contributed by atoms with Crippen molar-refractivity contribution in [2.24, 2.45) is 0 Å². The smallest absolute Gasteiger partial charge is 0.321 e. The van der Waals surface area contributed by atoms with Gasteiger partial charge >= 0.3 is 6.03 Å². The molecular formula is C19H20FN5O3. The Balaban J connectivity index is 1.26. The van der Waals surface area contributed by atoms with Crippen molar-refractivity contribution in [2.45, 2.75) is 43.9 Å². The van der Waals surface area contributed by atoms with E-state index in [1.807, 2.05) is 0 Å². The number of urea groups is 1. The predicted molar refractivity (Wildman–Crippen MR) is 97.6 cm³/mol. The molecule has 0 bridgehead atoms. The van der Waals surface area contributed by atoms with E-state index in [4.69, 9.17) is 4.52 Å². The van der Waals surface area contributed by atoms with Gasteiger partial charge in [0.1, 0.15) is 5.82 Å². The molecule has 1 aromatic heterocycles. The van der Waals surface area contributed by atoms with Crippen molar-refractivity contribution >= 4 is 23.3 Å². The van der Waals surface area contributed by atoms with Gasteiger partial charge in [-0.25, -0.2) is 9.18 Å². The maximum Gasteiger partial charge on any atom is 0.321 e. The monoisotopic (exact) mass is 385 g/mol.